The molecular weight excluding hydrogens is 262 g/mol. The van der Waals surface area contributed by atoms with Gasteiger partial charge in [-0.15, -0.1) is 0 Å². The minimum Gasteiger partial charge on any atom is -0.390 e. The van der Waals surface area contributed by atoms with Crippen molar-refractivity contribution in [2.45, 2.75) is 31.1 Å². The highest BCUT2D eigenvalue weighted by atomic mass is 16.5. The Labute approximate surface area is 119 Å². The highest BCUT2D eigenvalue weighted by molar-refractivity contribution is 5.73. The maximum absolute atomic E-state index is 10.9. The largest absolute Gasteiger partial charge is 0.390 e. The van der Waals surface area contributed by atoms with Crippen LogP contribution in [-0.2, 0) is 9.53 Å². The van der Waals surface area contributed by atoms with Crippen LogP contribution in [0, 0.1) is 0 Å². The van der Waals surface area contributed by atoms with E-state index in [1.807, 2.05) is 0 Å². The molecule has 0 aromatic carbocycles. The average molecular weight is 287 g/mol. The van der Waals surface area contributed by atoms with E-state index < -0.39 is 12.2 Å². The van der Waals surface area contributed by atoms with Gasteiger partial charge in [0.25, 0.3) is 0 Å². The van der Waals surface area contributed by atoms with Crippen LogP contribution in [0.1, 0.15) is 12.8 Å². The van der Waals surface area contributed by atoms with Gasteiger partial charge in [0.2, 0.25) is 5.91 Å². The number of carbonyl (C=O) groups is 1. The van der Waals surface area contributed by atoms with Crippen molar-refractivity contribution < 1.29 is 19.7 Å². The second-order valence-electron chi connectivity index (χ2n) is 5.58. The van der Waals surface area contributed by atoms with E-state index in [-0.39, 0.29) is 11.9 Å². The molecule has 116 valence electrons. The minimum absolute atomic E-state index is 0.121. The quantitative estimate of drug-likeness (QED) is 0.552. The number of hydrogen-bond acceptors (Lipinski definition) is 6. The summed E-state index contributed by atoms with van der Waals surface area (Å²) in [6.07, 6.45) is -0.656. The molecule has 7 heteroatoms. The molecule has 3 atom stereocenters. The lowest BCUT2D eigenvalue weighted by Crippen LogP contribution is -2.55. The summed E-state index contributed by atoms with van der Waals surface area (Å²) in [5, 5.41) is 20.3. The average Bonchev–Trinajstić information content (AvgIpc) is 2.59. The molecule has 2 heterocycles. The first-order valence-electron chi connectivity index (χ1n) is 7.26. The number of primary amides is 1. The molecular formula is C13H25N3O4. The van der Waals surface area contributed by atoms with Gasteiger partial charge in [-0.3, -0.25) is 9.69 Å². The zero-order valence-corrected chi connectivity index (χ0v) is 11.8. The molecule has 0 saturated carbocycles. The second kappa shape index (κ2) is 7.33. The van der Waals surface area contributed by atoms with Crippen molar-refractivity contribution in [1.82, 2.24) is 9.80 Å². The van der Waals surface area contributed by atoms with E-state index in [0.29, 0.717) is 45.7 Å². The SMILES string of the molecule is NC(=O)CCN1CC[C@@H](O)[C@@H](O)[C@H](N2CCOCC2)C1. The number of rotatable bonds is 4. The Hall–Kier alpha value is -0.730. The number of carbonyl (C=O) groups excluding carboxylic acids is 1. The van der Waals surface area contributed by atoms with Crippen molar-refractivity contribution in [1.29, 1.82) is 0 Å². The van der Waals surface area contributed by atoms with Crippen LogP contribution in [0.15, 0.2) is 0 Å². The number of morpholine rings is 1. The lowest BCUT2D eigenvalue weighted by Gasteiger charge is -2.38. The van der Waals surface area contributed by atoms with Crippen LogP contribution in [0.25, 0.3) is 0 Å². The minimum atomic E-state index is -0.758. The van der Waals surface area contributed by atoms with E-state index in [1.54, 1.807) is 0 Å². The number of amides is 1. The Morgan fingerprint density at radius 1 is 1.25 bits per heavy atom. The van der Waals surface area contributed by atoms with Crippen molar-refractivity contribution in [2.75, 3.05) is 45.9 Å². The zero-order chi connectivity index (χ0) is 14.5. The van der Waals surface area contributed by atoms with E-state index in [1.165, 1.54) is 0 Å². The van der Waals surface area contributed by atoms with E-state index in [2.05, 4.69) is 9.80 Å². The van der Waals surface area contributed by atoms with Gasteiger partial charge in [0.15, 0.2) is 0 Å². The molecule has 2 saturated heterocycles. The summed E-state index contributed by atoms with van der Waals surface area (Å²) < 4.78 is 5.33. The summed E-state index contributed by atoms with van der Waals surface area (Å²) in [6, 6.07) is -0.121. The van der Waals surface area contributed by atoms with Crippen LogP contribution in [-0.4, -0.2) is 90.1 Å². The van der Waals surface area contributed by atoms with Gasteiger partial charge in [-0.05, 0) is 6.42 Å². The molecule has 2 rings (SSSR count). The summed E-state index contributed by atoms with van der Waals surface area (Å²) in [7, 11) is 0. The van der Waals surface area contributed by atoms with Gasteiger partial charge in [0, 0.05) is 39.1 Å². The molecule has 7 nitrogen and oxygen atoms in total. The molecule has 0 aromatic heterocycles. The lowest BCUT2D eigenvalue weighted by atomic mass is 10.0. The molecule has 2 fully saturated rings. The maximum atomic E-state index is 10.9. The Bertz CT molecular complexity index is 323. The van der Waals surface area contributed by atoms with Crippen molar-refractivity contribution in [3.8, 4) is 0 Å². The Morgan fingerprint density at radius 3 is 2.60 bits per heavy atom. The molecule has 0 aromatic rings. The first-order chi connectivity index (χ1) is 9.58. The third-order valence-corrected chi connectivity index (χ3v) is 4.16. The standard InChI is InChI=1S/C13H25N3O4/c14-12(18)2-4-15-3-1-11(17)13(19)10(9-15)16-5-7-20-8-6-16/h10-11,13,17,19H,1-9H2,(H2,14,18)/t10-,11-,13+/m1/s1. The van der Waals surface area contributed by atoms with E-state index in [0.717, 1.165) is 13.1 Å². The number of aliphatic hydroxyl groups is 2. The number of nitrogens with zero attached hydrogens (tertiary/aromatic N) is 2. The Kier molecular flexibility index (Phi) is 5.74. The third-order valence-electron chi connectivity index (χ3n) is 4.16. The molecule has 0 aliphatic carbocycles. The fourth-order valence-corrected chi connectivity index (χ4v) is 2.92. The molecule has 4 N–H and O–H groups in total. The molecule has 2 aliphatic rings. The highest BCUT2D eigenvalue weighted by Gasteiger charge is 2.35. The van der Waals surface area contributed by atoms with Crippen molar-refractivity contribution in [3.63, 3.8) is 0 Å². The summed E-state index contributed by atoms with van der Waals surface area (Å²) in [6.45, 7) is 4.73. The molecule has 20 heavy (non-hydrogen) atoms. The predicted octanol–water partition coefficient (Wildman–Crippen LogP) is -2.01. The smallest absolute Gasteiger partial charge is 0.218 e. The van der Waals surface area contributed by atoms with Gasteiger partial charge in [0.05, 0.1) is 31.5 Å². The van der Waals surface area contributed by atoms with E-state index >= 15 is 0 Å². The van der Waals surface area contributed by atoms with E-state index in [4.69, 9.17) is 10.5 Å². The first kappa shape index (κ1) is 15.7. The molecule has 0 radical (unpaired) electrons. The van der Waals surface area contributed by atoms with Crippen LogP contribution < -0.4 is 5.73 Å². The van der Waals surface area contributed by atoms with Crippen LogP contribution in [0.3, 0.4) is 0 Å². The predicted molar refractivity (Wildman–Crippen MR) is 73.1 cm³/mol. The third kappa shape index (κ3) is 4.13. The van der Waals surface area contributed by atoms with E-state index in [9.17, 15) is 15.0 Å². The molecule has 1 amide bonds. The van der Waals surface area contributed by atoms with Crippen molar-refractivity contribution in [3.05, 3.63) is 0 Å². The number of aliphatic hydroxyl groups excluding tert-OH is 2. The van der Waals surface area contributed by atoms with Crippen LogP contribution in [0.5, 0.6) is 0 Å². The Morgan fingerprint density at radius 2 is 1.95 bits per heavy atom. The zero-order valence-electron chi connectivity index (χ0n) is 11.8. The summed E-state index contributed by atoms with van der Waals surface area (Å²) >= 11 is 0. The second-order valence-corrected chi connectivity index (χ2v) is 5.58. The number of hydrogen-bond donors (Lipinski definition) is 3. The maximum Gasteiger partial charge on any atom is 0.218 e. The molecule has 0 bridgehead atoms. The van der Waals surface area contributed by atoms with Crippen LogP contribution >= 0.6 is 0 Å². The molecule has 2 aliphatic heterocycles. The van der Waals surface area contributed by atoms with Crippen LogP contribution in [0.4, 0.5) is 0 Å². The monoisotopic (exact) mass is 287 g/mol. The Balaban J connectivity index is 1.99. The number of likely N-dealkylation sites (tertiary alicyclic amines) is 1. The van der Waals surface area contributed by atoms with Gasteiger partial charge >= 0.3 is 0 Å². The first-order valence-corrected chi connectivity index (χ1v) is 7.26. The van der Waals surface area contributed by atoms with Crippen LogP contribution in [0.2, 0.25) is 0 Å². The topological polar surface area (TPSA) is 99.3 Å². The summed E-state index contributed by atoms with van der Waals surface area (Å²) in [4.78, 5) is 15.2. The fraction of sp³-hybridized carbons (Fsp3) is 0.923. The number of ether oxygens (including phenoxy) is 1. The normalized spacial score (nSPS) is 33.8. The fourth-order valence-electron chi connectivity index (χ4n) is 2.92. The lowest BCUT2D eigenvalue weighted by molar-refractivity contribution is -0.118. The van der Waals surface area contributed by atoms with Gasteiger partial charge in [0.1, 0.15) is 0 Å². The van der Waals surface area contributed by atoms with Gasteiger partial charge in [-0.1, -0.05) is 0 Å². The number of nitrogens with two attached hydrogens (primary N) is 1. The van der Waals surface area contributed by atoms with Gasteiger partial charge in [-0.2, -0.15) is 0 Å². The summed E-state index contributed by atoms with van der Waals surface area (Å²) in [5.74, 6) is -0.321. The van der Waals surface area contributed by atoms with Gasteiger partial charge in [-0.25, -0.2) is 0 Å². The van der Waals surface area contributed by atoms with Gasteiger partial charge < -0.3 is 25.6 Å². The van der Waals surface area contributed by atoms with Crippen molar-refractivity contribution in [2.24, 2.45) is 5.73 Å². The molecule has 0 spiro atoms. The highest BCUT2D eigenvalue weighted by Crippen LogP contribution is 2.18. The summed E-state index contributed by atoms with van der Waals surface area (Å²) in [5.41, 5.74) is 5.19. The van der Waals surface area contributed by atoms with Crippen molar-refractivity contribution >= 4 is 5.91 Å². The molecule has 0 unspecified atom stereocenters.